The number of benzene rings is 1. The first-order valence-corrected chi connectivity index (χ1v) is 7.76. The Morgan fingerprint density at radius 1 is 1.28 bits per heavy atom. The zero-order valence-corrected chi connectivity index (χ0v) is 11.6. The maximum atomic E-state index is 11.3. The van der Waals surface area contributed by atoms with E-state index in [1.165, 1.54) is 6.26 Å². The number of aromatic amines is 1. The average molecular weight is 285 g/mol. The first-order chi connectivity index (χ1) is 8.41. The van der Waals surface area contributed by atoms with Gasteiger partial charge in [0, 0.05) is 17.5 Å². The van der Waals surface area contributed by atoms with Crippen LogP contribution in [0.2, 0.25) is 0 Å². The lowest BCUT2D eigenvalue weighted by Crippen LogP contribution is -1.96. The molecule has 1 aromatic heterocycles. The van der Waals surface area contributed by atoms with Gasteiger partial charge >= 0.3 is 0 Å². The lowest BCUT2D eigenvalue weighted by Gasteiger charge is -2.00. The summed E-state index contributed by atoms with van der Waals surface area (Å²) in [5.41, 5.74) is 2.56. The molecule has 4 nitrogen and oxygen atoms in total. The summed E-state index contributed by atoms with van der Waals surface area (Å²) in [6.45, 7) is 1.90. The monoisotopic (exact) mass is 284 g/mol. The van der Waals surface area contributed by atoms with Crippen LogP contribution in [0.4, 0.5) is 0 Å². The van der Waals surface area contributed by atoms with Crippen molar-refractivity contribution in [2.75, 3.05) is 6.26 Å². The third-order valence-electron chi connectivity index (χ3n) is 2.67. The Balaban J connectivity index is 2.40. The molecule has 0 saturated heterocycles. The Morgan fingerprint density at radius 3 is 2.33 bits per heavy atom. The van der Waals surface area contributed by atoms with Gasteiger partial charge in [0.2, 0.25) is 0 Å². The summed E-state index contributed by atoms with van der Waals surface area (Å²) in [6, 6.07) is 6.60. The quantitative estimate of drug-likeness (QED) is 0.881. The van der Waals surface area contributed by atoms with Gasteiger partial charge in [-0.15, -0.1) is 11.6 Å². The van der Waals surface area contributed by atoms with Crippen molar-refractivity contribution in [2.45, 2.75) is 17.7 Å². The zero-order chi connectivity index (χ0) is 13.3. The van der Waals surface area contributed by atoms with Gasteiger partial charge in [0.15, 0.2) is 9.84 Å². The summed E-state index contributed by atoms with van der Waals surface area (Å²) in [4.78, 5) is 7.78. The number of rotatable bonds is 3. The normalized spacial score (nSPS) is 11.7. The van der Waals surface area contributed by atoms with E-state index in [4.69, 9.17) is 11.6 Å². The molecule has 6 heteroatoms. The molecule has 1 aromatic carbocycles. The van der Waals surface area contributed by atoms with Crippen molar-refractivity contribution in [3.8, 4) is 11.4 Å². The minimum absolute atomic E-state index is 0.298. The fourth-order valence-corrected chi connectivity index (χ4v) is 2.51. The van der Waals surface area contributed by atoms with E-state index in [1.54, 1.807) is 24.3 Å². The van der Waals surface area contributed by atoms with Crippen molar-refractivity contribution in [3.63, 3.8) is 0 Å². The number of aryl methyl sites for hydroxylation is 1. The van der Waals surface area contributed by atoms with Crippen LogP contribution in [0.15, 0.2) is 29.2 Å². The number of imidazole rings is 1. The number of sulfone groups is 1. The molecule has 0 spiro atoms. The predicted octanol–water partition coefficient (Wildman–Crippen LogP) is 2.53. The second-order valence-corrected chi connectivity index (χ2v) is 6.37. The van der Waals surface area contributed by atoms with Crippen LogP contribution in [0.25, 0.3) is 11.4 Å². The van der Waals surface area contributed by atoms with Crippen molar-refractivity contribution in [1.82, 2.24) is 9.97 Å². The Kier molecular flexibility index (Phi) is 3.45. The highest BCUT2D eigenvalue weighted by Crippen LogP contribution is 2.20. The summed E-state index contributed by atoms with van der Waals surface area (Å²) in [7, 11) is -3.16. The number of hydrogen-bond donors (Lipinski definition) is 1. The van der Waals surface area contributed by atoms with E-state index in [0.29, 0.717) is 16.6 Å². The maximum Gasteiger partial charge on any atom is 0.175 e. The molecular weight excluding hydrogens is 272 g/mol. The Hall–Kier alpha value is -1.33. The van der Waals surface area contributed by atoms with Crippen LogP contribution in [0, 0.1) is 6.92 Å². The van der Waals surface area contributed by atoms with Crippen molar-refractivity contribution in [2.24, 2.45) is 0 Å². The lowest BCUT2D eigenvalue weighted by molar-refractivity contribution is 0.602. The summed E-state index contributed by atoms with van der Waals surface area (Å²) in [6.07, 6.45) is 1.19. The predicted molar refractivity (Wildman–Crippen MR) is 71.4 cm³/mol. The molecule has 0 aliphatic carbocycles. The van der Waals surface area contributed by atoms with Crippen molar-refractivity contribution in [3.05, 3.63) is 35.7 Å². The van der Waals surface area contributed by atoms with Crippen LogP contribution in [0.1, 0.15) is 11.4 Å². The van der Waals surface area contributed by atoms with Gasteiger partial charge in [-0.1, -0.05) is 0 Å². The largest absolute Gasteiger partial charge is 0.342 e. The van der Waals surface area contributed by atoms with Gasteiger partial charge in [0.25, 0.3) is 0 Å². The molecule has 0 saturated carbocycles. The van der Waals surface area contributed by atoms with E-state index >= 15 is 0 Å². The minimum atomic E-state index is -3.16. The lowest BCUT2D eigenvalue weighted by atomic mass is 10.2. The third kappa shape index (κ3) is 2.57. The van der Waals surface area contributed by atoms with Gasteiger partial charge in [0.05, 0.1) is 16.5 Å². The fraction of sp³-hybridized carbons (Fsp3) is 0.250. The minimum Gasteiger partial charge on any atom is -0.342 e. The van der Waals surface area contributed by atoms with Gasteiger partial charge < -0.3 is 4.98 Å². The highest BCUT2D eigenvalue weighted by Gasteiger charge is 2.10. The van der Waals surface area contributed by atoms with Crippen LogP contribution in [-0.4, -0.2) is 24.6 Å². The number of alkyl halides is 1. The van der Waals surface area contributed by atoms with Crippen LogP contribution in [-0.2, 0) is 15.7 Å². The molecule has 0 unspecified atom stereocenters. The molecule has 0 aliphatic rings. The molecule has 18 heavy (non-hydrogen) atoms. The van der Waals surface area contributed by atoms with Gasteiger partial charge in [0.1, 0.15) is 5.82 Å². The highest BCUT2D eigenvalue weighted by atomic mass is 35.5. The molecule has 0 radical (unpaired) electrons. The van der Waals surface area contributed by atoms with Crippen molar-refractivity contribution in [1.29, 1.82) is 0 Å². The van der Waals surface area contributed by atoms with Gasteiger partial charge in [-0.2, -0.15) is 0 Å². The van der Waals surface area contributed by atoms with Crippen molar-refractivity contribution < 1.29 is 8.42 Å². The molecule has 96 valence electrons. The van der Waals surface area contributed by atoms with Crippen LogP contribution >= 0.6 is 11.6 Å². The number of halogens is 1. The standard InChI is InChI=1S/C12H13ClN2O2S/c1-8-11(7-13)15-12(14-8)9-3-5-10(6-4-9)18(2,16)17/h3-6H,7H2,1-2H3,(H,14,15). The number of nitrogens with zero attached hydrogens (tertiary/aromatic N) is 1. The maximum absolute atomic E-state index is 11.3. The molecule has 0 atom stereocenters. The Morgan fingerprint density at radius 2 is 1.89 bits per heavy atom. The van der Waals surface area contributed by atoms with Crippen LogP contribution in [0.3, 0.4) is 0 Å². The highest BCUT2D eigenvalue weighted by molar-refractivity contribution is 7.90. The number of nitrogens with one attached hydrogen (secondary N) is 1. The van der Waals surface area contributed by atoms with E-state index in [9.17, 15) is 8.42 Å². The van der Waals surface area contributed by atoms with E-state index in [1.807, 2.05) is 6.92 Å². The molecule has 0 bridgehead atoms. The zero-order valence-electron chi connectivity index (χ0n) is 10.1. The topological polar surface area (TPSA) is 62.8 Å². The number of aromatic nitrogens is 2. The van der Waals surface area contributed by atoms with Gasteiger partial charge in [-0.3, -0.25) is 0 Å². The van der Waals surface area contributed by atoms with E-state index in [2.05, 4.69) is 9.97 Å². The smallest absolute Gasteiger partial charge is 0.175 e. The van der Waals surface area contributed by atoms with Crippen molar-refractivity contribution >= 4 is 21.4 Å². The Bertz CT molecular complexity index is 660. The second-order valence-electron chi connectivity index (χ2n) is 4.09. The molecule has 0 fully saturated rings. The van der Waals surface area contributed by atoms with E-state index < -0.39 is 9.84 Å². The van der Waals surface area contributed by atoms with Crippen LogP contribution < -0.4 is 0 Å². The molecule has 2 aromatic rings. The van der Waals surface area contributed by atoms with Gasteiger partial charge in [-0.05, 0) is 31.2 Å². The summed E-state index contributed by atoms with van der Waals surface area (Å²) in [5, 5.41) is 0. The molecule has 1 heterocycles. The first kappa shape index (κ1) is 13.1. The summed E-state index contributed by atoms with van der Waals surface area (Å²) >= 11 is 5.76. The molecular formula is C12H13ClN2O2S. The molecule has 0 amide bonds. The third-order valence-corrected chi connectivity index (χ3v) is 4.05. The first-order valence-electron chi connectivity index (χ1n) is 5.34. The SMILES string of the molecule is Cc1[nH]c(-c2ccc(S(C)(=O)=O)cc2)nc1CCl. The van der Waals surface area contributed by atoms with E-state index in [0.717, 1.165) is 17.0 Å². The van der Waals surface area contributed by atoms with E-state index in [-0.39, 0.29) is 0 Å². The summed E-state index contributed by atoms with van der Waals surface area (Å²) < 4.78 is 22.7. The average Bonchev–Trinajstić information content (AvgIpc) is 2.69. The molecule has 0 aliphatic heterocycles. The molecule has 2 rings (SSSR count). The molecule has 1 N–H and O–H groups in total. The number of H-pyrrole nitrogens is 1. The summed E-state index contributed by atoms with van der Waals surface area (Å²) in [5.74, 6) is 1.05. The van der Waals surface area contributed by atoms with Crippen LogP contribution in [0.5, 0.6) is 0 Å². The van der Waals surface area contributed by atoms with Gasteiger partial charge in [-0.25, -0.2) is 13.4 Å². The fourth-order valence-electron chi connectivity index (χ4n) is 1.62. The Labute approximate surface area is 111 Å². The number of hydrogen-bond acceptors (Lipinski definition) is 3. The second kappa shape index (κ2) is 4.74.